The minimum Gasteiger partial charge on any atom is -0.322 e. The zero-order chi connectivity index (χ0) is 22.2. The van der Waals surface area contributed by atoms with Gasteiger partial charge < -0.3 is 10.6 Å². The number of hydrogen-bond donors (Lipinski definition) is 2. The van der Waals surface area contributed by atoms with Gasteiger partial charge in [-0.1, -0.05) is 44.5 Å². The number of nitrogens with one attached hydrogen (secondary N) is 2. The first-order valence-electron chi connectivity index (χ1n) is 10.3. The SMILES string of the molecule is CC(C)(C)C1CCc2c(sc(NC(=O)c3cccs3)c2C(=O)Nc2cccc(Cl)c2)C1. The Morgan fingerprint density at radius 2 is 1.90 bits per heavy atom. The summed E-state index contributed by atoms with van der Waals surface area (Å²) < 4.78 is 0. The number of hydrogen-bond acceptors (Lipinski definition) is 4. The molecule has 4 rings (SSSR count). The quantitative estimate of drug-likeness (QED) is 0.424. The van der Waals surface area contributed by atoms with Gasteiger partial charge >= 0.3 is 0 Å². The van der Waals surface area contributed by atoms with Crippen molar-refractivity contribution in [1.29, 1.82) is 0 Å². The molecule has 1 aromatic carbocycles. The van der Waals surface area contributed by atoms with Crippen LogP contribution in [-0.2, 0) is 12.8 Å². The van der Waals surface area contributed by atoms with Crippen molar-refractivity contribution in [2.24, 2.45) is 11.3 Å². The van der Waals surface area contributed by atoms with Crippen LogP contribution in [0.3, 0.4) is 0 Å². The second kappa shape index (κ2) is 8.77. The van der Waals surface area contributed by atoms with E-state index in [-0.39, 0.29) is 17.2 Å². The summed E-state index contributed by atoms with van der Waals surface area (Å²) in [6.45, 7) is 6.80. The highest BCUT2D eigenvalue weighted by atomic mass is 35.5. The van der Waals surface area contributed by atoms with Gasteiger partial charge in [-0.05, 0) is 65.8 Å². The van der Waals surface area contributed by atoms with Gasteiger partial charge in [0.05, 0.1) is 10.4 Å². The van der Waals surface area contributed by atoms with Gasteiger partial charge in [-0.15, -0.1) is 22.7 Å². The van der Waals surface area contributed by atoms with E-state index >= 15 is 0 Å². The molecular weight excluding hydrogens is 448 g/mol. The molecule has 0 saturated heterocycles. The van der Waals surface area contributed by atoms with Crippen molar-refractivity contribution in [3.05, 3.63) is 67.7 Å². The molecule has 4 nitrogen and oxygen atoms in total. The molecule has 3 aromatic rings. The van der Waals surface area contributed by atoms with Crippen LogP contribution in [0.25, 0.3) is 0 Å². The van der Waals surface area contributed by atoms with Crippen molar-refractivity contribution in [2.75, 3.05) is 10.6 Å². The van der Waals surface area contributed by atoms with Crippen LogP contribution >= 0.6 is 34.3 Å². The van der Waals surface area contributed by atoms with Crippen LogP contribution in [0.5, 0.6) is 0 Å². The lowest BCUT2D eigenvalue weighted by Gasteiger charge is -2.33. The molecule has 7 heteroatoms. The van der Waals surface area contributed by atoms with Crippen LogP contribution in [0.15, 0.2) is 41.8 Å². The van der Waals surface area contributed by atoms with Crippen molar-refractivity contribution in [2.45, 2.75) is 40.0 Å². The number of thiophene rings is 2. The molecule has 31 heavy (non-hydrogen) atoms. The van der Waals surface area contributed by atoms with Gasteiger partial charge in [-0.2, -0.15) is 0 Å². The molecule has 1 atom stereocenters. The lowest BCUT2D eigenvalue weighted by molar-refractivity contribution is 0.102. The second-order valence-corrected chi connectivity index (χ2v) is 11.4. The molecular formula is C24H25ClN2O2S2. The summed E-state index contributed by atoms with van der Waals surface area (Å²) in [4.78, 5) is 27.9. The summed E-state index contributed by atoms with van der Waals surface area (Å²) in [5.41, 5.74) is 2.48. The van der Waals surface area contributed by atoms with Gasteiger partial charge in [0.2, 0.25) is 0 Å². The molecule has 0 aliphatic heterocycles. The van der Waals surface area contributed by atoms with Gasteiger partial charge in [-0.3, -0.25) is 9.59 Å². The van der Waals surface area contributed by atoms with E-state index in [0.717, 1.165) is 24.8 Å². The van der Waals surface area contributed by atoms with Crippen LogP contribution in [0.2, 0.25) is 5.02 Å². The molecule has 0 spiro atoms. The average molecular weight is 473 g/mol. The summed E-state index contributed by atoms with van der Waals surface area (Å²) in [5, 5.41) is 9.02. The van der Waals surface area contributed by atoms with Crippen molar-refractivity contribution in [1.82, 2.24) is 0 Å². The Kier molecular flexibility index (Phi) is 6.24. The van der Waals surface area contributed by atoms with E-state index in [1.807, 2.05) is 17.5 Å². The number of anilines is 2. The molecule has 0 bridgehead atoms. The molecule has 162 valence electrons. The average Bonchev–Trinajstić information content (AvgIpc) is 3.34. The van der Waals surface area contributed by atoms with Crippen LogP contribution in [-0.4, -0.2) is 11.8 Å². The van der Waals surface area contributed by atoms with E-state index in [2.05, 4.69) is 31.4 Å². The monoisotopic (exact) mass is 472 g/mol. The number of benzene rings is 1. The maximum Gasteiger partial charge on any atom is 0.266 e. The number of rotatable bonds is 4. The summed E-state index contributed by atoms with van der Waals surface area (Å²) in [6.07, 6.45) is 2.79. The third-order valence-electron chi connectivity index (χ3n) is 5.77. The van der Waals surface area contributed by atoms with E-state index < -0.39 is 0 Å². The highest BCUT2D eigenvalue weighted by Gasteiger charge is 2.34. The molecule has 2 amide bonds. The van der Waals surface area contributed by atoms with E-state index in [1.54, 1.807) is 24.3 Å². The lowest BCUT2D eigenvalue weighted by atomic mass is 9.72. The van der Waals surface area contributed by atoms with Crippen molar-refractivity contribution < 1.29 is 9.59 Å². The molecule has 0 radical (unpaired) electrons. The highest BCUT2D eigenvalue weighted by Crippen LogP contribution is 2.44. The van der Waals surface area contributed by atoms with Crippen LogP contribution in [0.1, 0.15) is 57.7 Å². The minimum absolute atomic E-state index is 0.183. The molecule has 0 fully saturated rings. The topological polar surface area (TPSA) is 58.2 Å². The number of fused-ring (bicyclic) bond motifs is 1. The van der Waals surface area contributed by atoms with E-state index in [9.17, 15) is 9.59 Å². The van der Waals surface area contributed by atoms with Crippen molar-refractivity contribution in [3.63, 3.8) is 0 Å². The van der Waals surface area contributed by atoms with Gasteiger partial charge in [0.1, 0.15) is 5.00 Å². The zero-order valence-corrected chi connectivity index (χ0v) is 20.1. The molecule has 1 aliphatic carbocycles. The Balaban J connectivity index is 1.68. The summed E-state index contributed by atoms with van der Waals surface area (Å²) >= 11 is 9.00. The first-order valence-corrected chi connectivity index (χ1v) is 12.4. The molecule has 2 heterocycles. The highest BCUT2D eigenvalue weighted by molar-refractivity contribution is 7.17. The molecule has 1 aliphatic rings. The van der Waals surface area contributed by atoms with Gasteiger partial charge in [0, 0.05) is 15.6 Å². The molecule has 2 aromatic heterocycles. The second-order valence-electron chi connectivity index (χ2n) is 8.91. The van der Waals surface area contributed by atoms with Crippen molar-refractivity contribution in [3.8, 4) is 0 Å². The Bertz CT molecular complexity index is 1110. The normalized spacial score (nSPS) is 15.9. The third-order valence-corrected chi connectivity index (χ3v) is 8.05. The lowest BCUT2D eigenvalue weighted by Crippen LogP contribution is -2.27. The molecule has 0 saturated carbocycles. The van der Waals surface area contributed by atoms with Crippen LogP contribution in [0.4, 0.5) is 10.7 Å². The fourth-order valence-electron chi connectivity index (χ4n) is 3.99. The fraction of sp³-hybridized carbons (Fsp3) is 0.333. The van der Waals surface area contributed by atoms with Crippen LogP contribution in [0, 0.1) is 11.3 Å². The Labute approximate surface area is 195 Å². The first kappa shape index (κ1) is 22.1. The minimum atomic E-state index is -0.213. The molecule has 1 unspecified atom stereocenters. The van der Waals surface area contributed by atoms with Crippen molar-refractivity contribution >= 4 is 56.8 Å². The predicted molar refractivity (Wildman–Crippen MR) is 131 cm³/mol. The summed E-state index contributed by atoms with van der Waals surface area (Å²) in [7, 11) is 0. The zero-order valence-electron chi connectivity index (χ0n) is 17.8. The van der Waals surface area contributed by atoms with E-state index in [4.69, 9.17) is 11.6 Å². The van der Waals surface area contributed by atoms with Crippen LogP contribution < -0.4 is 10.6 Å². The fourth-order valence-corrected chi connectivity index (χ4v) is 6.11. The number of carbonyl (C=O) groups excluding carboxylic acids is 2. The Morgan fingerprint density at radius 3 is 2.58 bits per heavy atom. The standard InChI is InChI=1S/C24H25ClN2O2S2/c1-24(2,3)14-9-10-17-19(12-14)31-23(27-21(28)18-8-5-11-30-18)20(17)22(29)26-16-7-4-6-15(25)13-16/h4-8,11,13-14H,9-10,12H2,1-3H3,(H,26,29)(H,27,28). The van der Waals surface area contributed by atoms with Gasteiger partial charge in [0.15, 0.2) is 0 Å². The maximum atomic E-state index is 13.3. The van der Waals surface area contributed by atoms with E-state index in [1.165, 1.54) is 27.6 Å². The first-order chi connectivity index (χ1) is 14.7. The summed E-state index contributed by atoms with van der Waals surface area (Å²) in [6, 6.07) is 10.7. The van der Waals surface area contributed by atoms with Gasteiger partial charge in [-0.25, -0.2) is 0 Å². The third kappa shape index (κ3) is 4.86. The van der Waals surface area contributed by atoms with E-state index in [0.29, 0.717) is 32.1 Å². The number of carbonyl (C=O) groups is 2. The predicted octanol–water partition coefficient (Wildman–Crippen LogP) is 7.12. The summed E-state index contributed by atoms with van der Waals surface area (Å²) in [5.74, 6) is 0.150. The van der Waals surface area contributed by atoms with Gasteiger partial charge in [0.25, 0.3) is 11.8 Å². The molecule has 2 N–H and O–H groups in total. The smallest absolute Gasteiger partial charge is 0.266 e. The maximum absolute atomic E-state index is 13.3. The number of halogens is 1. The Morgan fingerprint density at radius 1 is 1.10 bits per heavy atom. The number of amides is 2. The Hall–Kier alpha value is -2.15. The largest absolute Gasteiger partial charge is 0.322 e.